The van der Waals surface area contributed by atoms with Crippen molar-refractivity contribution in [2.45, 2.75) is 69.8 Å². The molecule has 0 radical (unpaired) electrons. The fraction of sp³-hybridized carbons (Fsp3) is 1.00. The fourth-order valence-corrected chi connectivity index (χ4v) is 4.67. The normalized spacial score (nSPS) is 31.0. The SMILES string of the molecule is CCCNC(CSC1CCOC1C)C1CCCC1. The van der Waals surface area contributed by atoms with Gasteiger partial charge in [-0.1, -0.05) is 19.8 Å². The molecule has 1 heterocycles. The molecule has 3 unspecified atom stereocenters. The first kappa shape index (κ1) is 14.7. The first-order valence-corrected chi connectivity index (χ1v) is 8.82. The minimum Gasteiger partial charge on any atom is -0.377 e. The van der Waals surface area contributed by atoms with Crippen molar-refractivity contribution in [3.63, 3.8) is 0 Å². The van der Waals surface area contributed by atoms with Crippen molar-refractivity contribution < 1.29 is 4.74 Å². The minimum absolute atomic E-state index is 0.463. The minimum atomic E-state index is 0.463. The van der Waals surface area contributed by atoms with Crippen LogP contribution in [0.25, 0.3) is 0 Å². The fourth-order valence-electron chi connectivity index (χ4n) is 3.21. The molecular formula is C15H29NOS. The van der Waals surface area contributed by atoms with Crippen LogP contribution in [0.4, 0.5) is 0 Å². The molecule has 0 spiro atoms. The second-order valence-corrected chi connectivity index (χ2v) is 7.11. The van der Waals surface area contributed by atoms with Crippen molar-refractivity contribution in [2.24, 2.45) is 5.92 Å². The number of ether oxygens (including phenoxy) is 1. The van der Waals surface area contributed by atoms with Crippen LogP contribution in [0.1, 0.15) is 52.4 Å². The molecular weight excluding hydrogens is 242 g/mol. The van der Waals surface area contributed by atoms with Gasteiger partial charge in [-0.15, -0.1) is 0 Å². The van der Waals surface area contributed by atoms with E-state index in [1.54, 1.807) is 0 Å². The zero-order chi connectivity index (χ0) is 12.8. The molecule has 1 aliphatic carbocycles. The van der Waals surface area contributed by atoms with Crippen molar-refractivity contribution in [1.82, 2.24) is 5.32 Å². The van der Waals surface area contributed by atoms with E-state index in [1.807, 2.05) is 0 Å². The van der Waals surface area contributed by atoms with Gasteiger partial charge in [0.05, 0.1) is 6.10 Å². The lowest BCUT2D eigenvalue weighted by Gasteiger charge is -2.26. The smallest absolute Gasteiger partial charge is 0.0666 e. The summed E-state index contributed by atoms with van der Waals surface area (Å²) >= 11 is 2.15. The lowest BCUT2D eigenvalue weighted by molar-refractivity contribution is 0.127. The highest BCUT2D eigenvalue weighted by Gasteiger charge is 2.29. The quantitative estimate of drug-likeness (QED) is 0.766. The van der Waals surface area contributed by atoms with E-state index >= 15 is 0 Å². The predicted octanol–water partition coefficient (Wildman–Crippen LogP) is 3.46. The third kappa shape index (κ3) is 4.14. The largest absolute Gasteiger partial charge is 0.377 e. The molecule has 3 heteroatoms. The van der Waals surface area contributed by atoms with Crippen LogP contribution in [0, 0.1) is 5.92 Å². The third-order valence-corrected chi connectivity index (χ3v) is 6.02. The zero-order valence-corrected chi connectivity index (χ0v) is 12.8. The van der Waals surface area contributed by atoms with Crippen LogP contribution in [-0.2, 0) is 4.74 Å². The molecule has 3 atom stereocenters. The first-order chi connectivity index (χ1) is 8.81. The molecule has 0 aromatic rings. The Hall–Kier alpha value is 0.270. The third-order valence-electron chi connectivity index (χ3n) is 4.42. The molecule has 0 aromatic carbocycles. The van der Waals surface area contributed by atoms with E-state index in [0.29, 0.717) is 6.10 Å². The lowest BCUT2D eigenvalue weighted by Crippen LogP contribution is -2.38. The standard InChI is InChI=1S/C15H29NOS/c1-3-9-16-14(13-6-4-5-7-13)11-18-15-8-10-17-12(15)2/h12-16H,3-11H2,1-2H3. The monoisotopic (exact) mass is 271 g/mol. The van der Waals surface area contributed by atoms with Crippen molar-refractivity contribution in [1.29, 1.82) is 0 Å². The van der Waals surface area contributed by atoms with E-state index in [-0.39, 0.29) is 0 Å². The maximum atomic E-state index is 5.66. The summed E-state index contributed by atoms with van der Waals surface area (Å²) in [5.41, 5.74) is 0. The van der Waals surface area contributed by atoms with Crippen molar-refractivity contribution in [3.8, 4) is 0 Å². The van der Waals surface area contributed by atoms with Gasteiger partial charge >= 0.3 is 0 Å². The summed E-state index contributed by atoms with van der Waals surface area (Å²) in [6, 6.07) is 0.741. The molecule has 0 amide bonds. The molecule has 2 fully saturated rings. The topological polar surface area (TPSA) is 21.3 Å². The molecule has 0 aromatic heterocycles. The van der Waals surface area contributed by atoms with Crippen LogP contribution < -0.4 is 5.32 Å². The number of hydrogen-bond acceptors (Lipinski definition) is 3. The summed E-state index contributed by atoms with van der Waals surface area (Å²) in [6.45, 7) is 6.64. The highest BCUT2D eigenvalue weighted by molar-refractivity contribution is 8.00. The second kappa shape index (κ2) is 7.76. The molecule has 1 N–H and O–H groups in total. The summed E-state index contributed by atoms with van der Waals surface area (Å²) < 4.78 is 5.66. The van der Waals surface area contributed by atoms with Crippen LogP contribution in [-0.4, -0.2) is 36.3 Å². The average molecular weight is 271 g/mol. The lowest BCUT2D eigenvalue weighted by atomic mass is 9.99. The molecule has 106 valence electrons. The van der Waals surface area contributed by atoms with Crippen LogP contribution in [0.2, 0.25) is 0 Å². The van der Waals surface area contributed by atoms with Gasteiger partial charge in [0.2, 0.25) is 0 Å². The summed E-state index contributed by atoms with van der Waals surface area (Å²) in [5.74, 6) is 2.21. The van der Waals surface area contributed by atoms with E-state index in [0.717, 1.165) is 23.8 Å². The van der Waals surface area contributed by atoms with Crippen LogP contribution in [0.15, 0.2) is 0 Å². The maximum Gasteiger partial charge on any atom is 0.0666 e. The van der Waals surface area contributed by atoms with Gasteiger partial charge in [0.15, 0.2) is 0 Å². The molecule has 18 heavy (non-hydrogen) atoms. The van der Waals surface area contributed by atoms with E-state index in [1.165, 1.54) is 50.8 Å². The summed E-state index contributed by atoms with van der Waals surface area (Å²) in [6.07, 6.45) is 8.74. The molecule has 1 saturated carbocycles. The van der Waals surface area contributed by atoms with Crippen molar-refractivity contribution >= 4 is 11.8 Å². The first-order valence-electron chi connectivity index (χ1n) is 7.78. The van der Waals surface area contributed by atoms with E-state index in [2.05, 4.69) is 30.9 Å². The Labute approximate surface area is 117 Å². The Kier molecular flexibility index (Phi) is 6.33. The van der Waals surface area contributed by atoms with E-state index in [4.69, 9.17) is 4.74 Å². The van der Waals surface area contributed by atoms with Gasteiger partial charge in [0, 0.05) is 23.7 Å². The number of hydrogen-bond donors (Lipinski definition) is 1. The predicted molar refractivity (Wildman–Crippen MR) is 80.3 cm³/mol. The van der Waals surface area contributed by atoms with Crippen molar-refractivity contribution in [2.75, 3.05) is 18.9 Å². The van der Waals surface area contributed by atoms with Gasteiger partial charge in [0.1, 0.15) is 0 Å². The average Bonchev–Trinajstić information content (AvgIpc) is 3.01. The van der Waals surface area contributed by atoms with Gasteiger partial charge in [-0.25, -0.2) is 0 Å². The highest BCUT2D eigenvalue weighted by Crippen LogP contribution is 2.32. The zero-order valence-electron chi connectivity index (χ0n) is 12.0. The molecule has 1 saturated heterocycles. The van der Waals surface area contributed by atoms with E-state index < -0.39 is 0 Å². The summed E-state index contributed by atoms with van der Waals surface area (Å²) in [5, 5.41) is 4.52. The van der Waals surface area contributed by atoms with E-state index in [9.17, 15) is 0 Å². The highest BCUT2D eigenvalue weighted by atomic mass is 32.2. The van der Waals surface area contributed by atoms with Gasteiger partial charge in [0.25, 0.3) is 0 Å². The van der Waals surface area contributed by atoms with Gasteiger partial charge < -0.3 is 10.1 Å². The number of nitrogens with one attached hydrogen (secondary N) is 1. The molecule has 2 rings (SSSR count). The van der Waals surface area contributed by atoms with Gasteiger partial charge in [-0.05, 0) is 45.1 Å². The van der Waals surface area contributed by atoms with Crippen LogP contribution in [0.3, 0.4) is 0 Å². The Bertz CT molecular complexity index is 231. The summed E-state index contributed by atoms with van der Waals surface area (Å²) in [4.78, 5) is 0. The Morgan fingerprint density at radius 3 is 2.67 bits per heavy atom. The molecule has 2 nitrogen and oxygen atoms in total. The maximum absolute atomic E-state index is 5.66. The molecule has 0 bridgehead atoms. The Balaban J connectivity index is 1.76. The second-order valence-electron chi connectivity index (χ2n) is 5.84. The van der Waals surface area contributed by atoms with Gasteiger partial charge in [-0.2, -0.15) is 11.8 Å². The van der Waals surface area contributed by atoms with Crippen LogP contribution >= 0.6 is 11.8 Å². The Morgan fingerprint density at radius 1 is 1.28 bits per heavy atom. The molecule has 1 aliphatic heterocycles. The van der Waals surface area contributed by atoms with Gasteiger partial charge in [-0.3, -0.25) is 0 Å². The van der Waals surface area contributed by atoms with Crippen molar-refractivity contribution in [3.05, 3.63) is 0 Å². The summed E-state index contributed by atoms with van der Waals surface area (Å²) in [7, 11) is 0. The Morgan fingerprint density at radius 2 is 2.06 bits per heavy atom. The number of rotatable bonds is 7. The number of thioether (sulfide) groups is 1. The van der Waals surface area contributed by atoms with Crippen LogP contribution in [0.5, 0.6) is 0 Å². The molecule has 2 aliphatic rings.